The van der Waals surface area contributed by atoms with Gasteiger partial charge in [-0.15, -0.1) is 0 Å². The summed E-state index contributed by atoms with van der Waals surface area (Å²) in [6.45, 7) is 5.21. The van der Waals surface area contributed by atoms with Crippen LogP contribution in [0.2, 0.25) is 0 Å². The van der Waals surface area contributed by atoms with Crippen molar-refractivity contribution in [3.8, 4) is 0 Å². The predicted octanol–water partition coefficient (Wildman–Crippen LogP) is 3.74. The highest BCUT2D eigenvalue weighted by Crippen LogP contribution is 2.30. The van der Waals surface area contributed by atoms with E-state index in [1.54, 1.807) is 24.3 Å². The molecule has 0 aliphatic heterocycles. The zero-order chi connectivity index (χ0) is 14.8. The van der Waals surface area contributed by atoms with Gasteiger partial charge in [0, 0.05) is 0 Å². The predicted molar refractivity (Wildman–Crippen MR) is 65.0 cm³/mol. The minimum absolute atomic E-state index is 0.282. The Labute approximate surface area is 110 Å². The van der Waals surface area contributed by atoms with Crippen molar-refractivity contribution in [2.75, 3.05) is 0 Å². The van der Waals surface area contributed by atoms with Crippen LogP contribution in [0.3, 0.4) is 0 Å². The van der Waals surface area contributed by atoms with Crippen LogP contribution >= 0.6 is 0 Å². The molecule has 19 heavy (non-hydrogen) atoms. The smallest absolute Gasteiger partial charge is 0.255 e. The maximum absolute atomic E-state index is 12.2. The van der Waals surface area contributed by atoms with Crippen LogP contribution in [-0.4, -0.2) is 13.9 Å². The van der Waals surface area contributed by atoms with Gasteiger partial charge in [-0.1, -0.05) is 38.1 Å². The van der Waals surface area contributed by atoms with E-state index >= 15 is 0 Å². The minimum atomic E-state index is -5.57. The van der Waals surface area contributed by atoms with Gasteiger partial charge < -0.3 is 0 Å². The molecule has 1 atom stereocenters. The summed E-state index contributed by atoms with van der Waals surface area (Å²) in [7, 11) is -5.57. The Morgan fingerprint density at radius 2 is 1.42 bits per heavy atom. The zero-order valence-corrected chi connectivity index (χ0v) is 11.5. The Kier molecular flexibility index (Phi) is 4.63. The molecule has 0 aromatic heterocycles. The van der Waals surface area contributed by atoms with Crippen LogP contribution in [0.25, 0.3) is 0 Å². The highest BCUT2D eigenvalue weighted by atomic mass is 32.2. The molecule has 0 heterocycles. The molecule has 108 valence electrons. The quantitative estimate of drug-likeness (QED) is 0.628. The van der Waals surface area contributed by atoms with Crippen LogP contribution in [0.4, 0.5) is 13.2 Å². The maximum Gasteiger partial charge on any atom is 0.523 e. The van der Waals surface area contributed by atoms with Crippen molar-refractivity contribution >= 4 is 10.1 Å². The Bertz CT molecular complexity index is 518. The lowest BCUT2D eigenvalue weighted by Gasteiger charge is -2.15. The fourth-order valence-electron chi connectivity index (χ4n) is 1.45. The first-order chi connectivity index (χ1) is 8.54. The third kappa shape index (κ3) is 3.94. The number of alkyl halides is 3. The standard InChI is InChI=1S/C12H15F3O3S/c1-8(2)10-4-6-11(7-5-10)9(3)18-19(16,17)12(13,14)15/h4-9H,1-3H3. The number of hydrogen-bond donors (Lipinski definition) is 0. The van der Waals surface area contributed by atoms with Crippen LogP contribution in [-0.2, 0) is 14.3 Å². The Morgan fingerprint density at radius 1 is 1.00 bits per heavy atom. The van der Waals surface area contributed by atoms with Crippen molar-refractivity contribution in [2.24, 2.45) is 0 Å². The Hall–Kier alpha value is -1.08. The lowest BCUT2D eigenvalue weighted by atomic mass is 10.0. The molecule has 3 nitrogen and oxygen atoms in total. The van der Waals surface area contributed by atoms with Gasteiger partial charge in [0.1, 0.15) is 0 Å². The summed E-state index contributed by atoms with van der Waals surface area (Å²) in [5.74, 6) is 0.282. The normalized spacial score (nSPS) is 14.7. The van der Waals surface area contributed by atoms with Gasteiger partial charge in [0.15, 0.2) is 0 Å². The van der Waals surface area contributed by atoms with Crippen molar-refractivity contribution in [3.05, 3.63) is 35.4 Å². The van der Waals surface area contributed by atoms with Gasteiger partial charge in [-0.3, -0.25) is 4.18 Å². The maximum atomic E-state index is 12.2. The van der Waals surface area contributed by atoms with Crippen molar-refractivity contribution in [3.63, 3.8) is 0 Å². The first-order valence-electron chi connectivity index (χ1n) is 5.64. The molecule has 0 fully saturated rings. The Balaban J connectivity index is 2.88. The Morgan fingerprint density at radius 3 is 1.79 bits per heavy atom. The van der Waals surface area contributed by atoms with E-state index in [1.165, 1.54) is 6.92 Å². The second-order valence-electron chi connectivity index (χ2n) is 4.46. The molecule has 0 aliphatic carbocycles. The molecule has 1 aromatic rings. The van der Waals surface area contributed by atoms with Crippen molar-refractivity contribution in [1.29, 1.82) is 0 Å². The van der Waals surface area contributed by atoms with Crippen LogP contribution in [0.5, 0.6) is 0 Å². The first kappa shape index (κ1) is 16.0. The van der Waals surface area contributed by atoms with E-state index in [0.29, 0.717) is 5.56 Å². The van der Waals surface area contributed by atoms with E-state index in [9.17, 15) is 21.6 Å². The second kappa shape index (κ2) is 5.50. The summed E-state index contributed by atoms with van der Waals surface area (Å²) in [5, 5.41) is 0. The molecule has 7 heteroatoms. The zero-order valence-electron chi connectivity index (χ0n) is 10.7. The molecule has 0 aliphatic rings. The summed E-state index contributed by atoms with van der Waals surface area (Å²) >= 11 is 0. The molecule has 0 N–H and O–H groups in total. The van der Waals surface area contributed by atoms with Crippen LogP contribution < -0.4 is 0 Å². The van der Waals surface area contributed by atoms with Gasteiger partial charge in [-0.25, -0.2) is 0 Å². The van der Waals surface area contributed by atoms with E-state index in [2.05, 4.69) is 4.18 Å². The van der Waals surface area contributed by atoms with E-state index in [-0.39, 0.29) is 5.92 Å². The average Bonchev–Trinajstić information content (AvgIpc) is 2.27. The van der Waals surface area contributed by atoms with E-state index in [1.807, 2.05) is 13.8 Å². The molecule has 0 amide bonds. The van der Waals surface area contributed by atoms with E-state index in [0.717, 1.165) is 5.56 Å². The number of hydrogen-bond acceptors (Lipinski definition) is 3. The molecule has 0 saturated heterocycles. The summed E-state index contributed by atoms with van der Waals surface area (Å²) in [4.78, 5) is 0. The highest BCUT2D eigenvalue weighted by Gasteiger charge is 2.48. The largest absolute Gasteiger partial charge is 0.523 e. The number of benzene rings is 1. The summed E-state index contributed by atoms with van der Waals surface area (Å²) < 4.78 is 62.4. The fraction of sp³-hybridized carbons (Fsp3) is 0.500. The van der Waals surface area contributed by atoms with Crippen molar-refractivity contribution in [1.82, 2.24) is 0 Å². The third-order valence-corrected chi connectivity index (χ3v) is 3.74. The highest BCUT2D eigenvalue weighted by molar-refractivity contribution is 7.87. The molecule has 0 saturated carbocycles. The first-order valence-corrected chi connectivity index (χ1v) is 7.05. The van der Waals surface area contributed by atoms with Gasteiger partial charge in [0.05, 0.1) is 6.10 Å². The molecule has 1 aromatic carbocycles. The summed E-state index contributed by atoms with van der Waals surface area (Å²) in [6.07, 6.45) is -1.19. The topological polar surface area (TPSA) is 43.4 Å². The average molecular weight is 296 g/mol. The van der Waals surface area contributed by atoms with Crippen molar-refractivity contribution < 1.29 is 25.8 Å². The lowest BCUT2D eigenvalue weighted by Crippen LogP contribution is -2.26. The lowest BCUT2D eigenvalue weighted by molar-refractivity contribution is -0.0569. The molecule has 0 bridgehead atoms. The van der Waals surface area contributed by atoms with Gasteiger partial charge in [-0.05, 0) is 24.0 Å². The summed E-state index contributed by atoms with van der Waals surface area (Å²) in [5.41, 5.74) is -4.02. The molecular formula is C12H15F3O3S. The van der Waals surface area contributed by atoms with Gasteiger partial charge in [-0.2, -0.15) is 21.6 Å². The van der Waals surface area contributed by atoms with Crippen LogP contribution in [0.15, 0.2) is 24.3 Å². The SMILES string of the molecule is CC(C)c1ccc(C(C)OS(=O)(=O)C(F)(F)F)cc1. The van der Waals surface area contributed by atoms with E-state index in [4.69, 9.17) is 0 Å². The fourth-order valence-corrected chi connectivity index (χ4v) is 2.05. The van der Waals surface area contributed by atoms with Crippen molar-refractivity contribution in [2.45, 2.75) is 38.3 Å². The minimum Gasteiger partial charge on any atom is -0.255 e. The van der Waals surface area contributed by atoms with Gasteiger partial charge >= 0.3 is 15.6 Å². The van der Waals surface area contributed by atoms with Gasteiger partial charge in [0.25, 0.3) is 0 Å². The molecule has 0 spiro atoms. The number of rotatable bonds is 4. The molecular weight excluding hydrogens is 281 g/mol. The second-order valence-corrected chi connectivity index (χ2v) is 6.02. The van der Waals surface area contributed by atoms with Gasteiger partial charge in [0.2, 0.25) is 0 Å². The number of halogens is 3. The molecule has 1 unspecified atom stereocenters. The van der Waals surface area contributed by atoms with E-state index < -0.39 is 21.7 Å². The van der Waals surface area contributed by atoms with Crippen LogP contribution in [0.1, 0.15) is 43.9 Å². The van der Waals surface area contributed by atoms with Crippen LogP contribution in [0, 0.1) is 0 Å². The third-order valence-electron chi connectivity index (χ3n) is 2.63. The molecule has 1 rings (SSSR count). The monoisotopic (exact) mass is 296 g/mol. The summed E-state index contributed by atoms with van der Waals surface area (Å²) in [6, 6.07) is 6.60. The molecule has 0 radical (unpaired) electrons.